The predicted molar refractivity (Wildman–Crippen MR) is 96.2 cm³/mol. The Morgan fingerprint density at radius 1 is 1.10 bits per heavy atom. The molecule has 0 heterocycles. The van der Waals surface area contributed by atoms with Gasteiger partial charge in [-0.15, -0.1) is 6.58 Å². The van der Waals surface area contributed by atoms with E-state index in [0.29, 0.717) is 5.75 Å². The van der Waals surface area contributed by atoms with Gasteiger partial charge in [-0.1, -0.05) is 63.7 Å². The molecule has 21 heavy (non-hydrogen) atoms. The maximum absolute atomic E-state index is 9.89. The normalized spacial score (nSPS) is 10.7. The molecular weight excluding hydrogens is 276 g/mol. The Morgan fingerprint density at radius 3 is 2.52 bits per heavy atom. The van der Waals surface area contributed by atoms with Gasteiger partial charge in [0.05, 0.1) is 0 Å². The number of rotatable bonds is 12. The van der Waals surface area contributed by atoms with Gasteiger partial charge in [-0.2, -0.15) is 11.8 Å². The lowest BCUT2D eigenvalue weighted by molar-refractivity contribution is 0.470. The van der Waals surface area contributed by atoms with Gasteiger partial charge < -0.3 is 5.11 Å². The molecule has 1 aromatic rings. The molecule has 0 atom stereocenters. The fraction of sp³-hybridized carbons (Fsp3) is 0.579. The molecule has 0 aliphatic heterocycles. The van der Waals surface area contributed by atoms with E-state index in [1.54, 1.807) is 11.8 Å². The van der Waals surface area contributed by atoms with Crippen LogP contribution in [0.4, 0.5) is 0 Å². The number of unbranched alkanes of at least 4 members (excludes halogenated alkanes) is 6. The summed E-state index contributed by atoms with van der Waals surface area (Å²) in [5.74, 6) is 2.22. The Morgan fingerprint density at radius 2 is 1.81 bits per heavy atom. The van der Waals surface area contributed by atoms with Crippen molar-refractivity contribution in [3.05, 3.63) is 42.0 Å². The van der Waals surface area contributed by atoms with Crippen LogP contribution >= 0.6 is 11.8 Å². The van der Waals surface area contributed by atoms with E-state index < -0.39 is 0 Å². The molecule has 0 saturated heterocycles. The Bertz CT molecular complexity index is 401. The van der Waals surface area contributed by atoms with Crippen molar-refractivity contribution in [1.29, 1.82) is 0 Å². The summed E-state index contributed by atoms with van der Waals surface area (Å²) < 4.78 is 0. The maximum atomic E-state index is 9.89. The fourth-order valence-corrected chi connectivity index (χ4v) is 3.18. The molecule has 118 valence electrons. The van der Waals surface area contributed by atoms with Crippen LogP contribution in [0.25, 0.3) is 0 Å². The second-order valence-electron chi connectivity index (χ2n) is 5.64. The average molecular weight is 307 g/mol. The first-order valence-electron chi connectivity index (χ1n) is 8.27. The molecule has 1 nitrogen and oxygen atoms in total. The fourth-order valence-electron chi connectivity index (χ4n) is 2.45. The molecule has 0 saturated carbocycles. The van der Waals surface area contributed by atoms with E-state index in [2.05, 4.69) is 25.6 Å². The molecule has 1 N–H and O–H groups in total. The standard InChI is InChI=1S/C19H30OS/c1-3-5-6-7-8-9-10-11-17-12-13-19(20)18(15-17)16-21-14-4-2/h4,12-13,15,20H,2-3,5-11,14,16H2,1H3. The number of hydrogen-bond acceptors (Lipinski definition) is 2. The van der Waals surface area contributed by atoms with Crippen LogP contribution in [0.1, 0.15) is 63.0 Å². The summed E-state index contributed by atoms with van der Waals surface area (Å²) in [6, 6.07) is 6.08. The largest absolute Gasteiger partial charge is 0.508 e. The van der Waals surface area contributed by atoms with E-state index in [9.17, 15) is 5.11 Å². The van der Waals surface area contributed by atoms with Crippen molar-refractivity contribution in [3.63, 3.8) is 0 Å². The Labute approximate surface area is 134 Å². The highest BCUT2D eigenvalue weighted by Crippen LogP contribution is 2.24. The highest BCUT2D eigenvalue weighted by molar-refractivity contribution is 7.98. The molecule has 0 aromatic heterocycles. The van der Waals surface area contributed by atoms with Crippen molar-refractivity contribution in [1.82, 2.24) is 0 Å². The minimum Gasteiger partial charge on any atom is -0.508 e. The van der Waals surface area contributed by atoms with E-state index in [1.165, 1.54) is 50.5 Å². The Balaban J connectivity index is 2.28. The molecular formula is C19H30OS. The first-order chi connectivity index (χ1) is 10.3. The molecule has 1 rings (SSSR count). The van der Waals surface area contributed by atoms with Crippen LogP contribution in [0.15, 0.2) is 30.9 Å². The van der Waals surface area contributed by atoms with Gasteiger partial charge in [-0.05, 0) is 24.5 Å². The number of phenolic OH excluding ortho intramolecular Hbond substituents is 1. The third-order valence-corrected chi connectivity index (χ3v) is 4.69. The third-order valence-electron chi connectivity index (χ3n) is 3.71. The summed E-state index contributed by atoms with van der Waals surface area (Å²) in [4.78, 5) is 0. The zero-order valence-electron chi connectivity index (χ0n) is 13.4. The maximum Gasteiger partial charge on any atom is 0.119 e. The van der Waals surface area contributed by atoms with Gasteiger partial charge in [-0.25, -0.2) is 0 Å². The third kappa shape index (κ3) is 8.21. The molecule has 0 fully saturated rings. The van der Waals surface area contributed by atoms with Crippen molar-refractivity contribution in [3.8, 4) is 5.75 Å². The SMILES string of the molecule is C=CCSCc1cc(CCCCCCCCC)ccc1O. The first kappa shape index (κ1) is 18.2. The number of thioether (sulfide) groups is 1. The van der Waals surface area contributed by atoms with Crippen molar-refractivity contribution < 1.29 is 5.11 Å². The van der Waals surface area contributed by atoms with E-state index in [4.69, 9.17) is 0 Å². The molecule has 0 radical (unpaired) electrons. The summed E-state index contributed by atoms with van der Waals surface area (Å²) >= 11 is 1.79. The summed E-state index contributed by atoms with van der Waals surface area (Å²) in [5.41, 5.74) is 2.41. The van der Waals surface area contributed by atoms with E-state index in [-0.39, 0.29) is 0 Å². The van der Waals surface area contributed by atoms with Gasteiger partial charge in [0.1, 0.15) is 5.75 Å². The quantitative estimate of drug-likeness (QED) is 0.371. The minimum absolute atomic E-state index is 0.426. The molecule has 0 amide bonds. The topological polar surface area (TPSA) is 20.2 Å². The Kier molecular flexibility index (Phi) is 10.1. The van der Waals surface area contributed by atoms with Crippen molar-refractivity contribution in [2.75, 3.05) is 5.75 Å². The van der Waals surface area contributed by atoms with Crippen molar-refractivity contribution in [2.24, 2.45) is 0 Å². The van der Waals surface area contributed by atoms with Crippen molar-refractivity contribution >= 4 is 11.8 Å². The molecule has 0 bridgehead atoms. The number of benzene rings is 1. The highest BCUT2D eigenvalue weighted by atomic mass is 32.2. The smallest absolute Gasteiger partial charge is 0.119 e. The van der Waals surface area contributed by atoms with E-state index in [1.807, 2.05) is 12.1 Å². The van der Waals surface area contributed by atoms with Crippen LogP contribution in [0.5, 0.6) is 5.75 Å². The molecule has 2 heteroatoms. The summed E-state index contributed by atoms with van der Waals surface area (Å²) in [7, 11) is 0. The molecule has 1 aromatic carbocycles. The number of hydrogen-bond donors (Lipinski definition) is 1. The van der Waals surface area contributed by atoms with E-state index in [0.717, 1.165) is 23.5 Å². The second kappa shape index (κ2) is 11.7. The second-order valence-corrected chi connectivity index (χ2v) is 6.67. The van der Waals surface area contributed by atoms with Gasteiger partial charge in [0.25, 0.3) is 0 Å². The lowest BCUT2D eigenvalue weighted by Gasteiger charge is -2.07. The number of aryl methyl sites for hydroxylation is 1. The van der Waals surface area contributed by atoms with Gasteiger partial charge in [0.2, 0.25) is 0 Å². The van der Waals surface area contributed by atoms with Crippen LogP contribution in [0, 0.1) is 0 Å². The average Bonchev–Trinajstić information content (AvgIpc) is 2.49. The molecule has 0 aliphatic carbocycles. The summed E-state index contributed by atoms with van der Waals surface area (Å²) in [5, 5.41) is 9.89. The lowest BCUT2D eigenvalue weighted by Crippen LogP contribution is -1.90. The monoisotopic (exact) mass is 306 g/mol. The van der Waals surface area contributed by atoms with Gasteiger partial charge in [0, 0.05) is 17.1 Å². The van der Waals surface area contributed by atoms with Gasteiger partial charge in [0.15, 0.2) is 0 Å². The summed E-state index contributed by atoms with van der Waals surface area (Å²) in [6.07, 6.45) is 12.5. The zero-order chi connectivity index (χ0) is 15.3. The van der Waals surface area contributed by atoms with Crippen molar-refractivity contribution in [2.45, 2.75) is 64.0 Å². The Hall–Kier alpha value is -0.890. The molecule has 0 spiro atoms. The molecule has 0 aliphatic rings. The van der Waals surface area contributed by atoms with Gasteiger partial charge in [-0.3, -0.25) is 0 Å². The zero-order valence-corrected chi connectivity index (χ0v) is 14.3. The lowest BCUT2D eigenvalue weighted by atomic mass is 10.0. The van der Waals surface area contributed by atoms with Crippen LogP contribution in [0.3, 0.4) is 0 Å². The highest BCUT2D eigenvalue weighted by Gasteiger charge is 2.03. The summed E-state index contributed by atoms with van der Waals surface area (Å²) in [6.45, 7) is 5.98. The predicted octanol–water partition coefficient (Wildman–Crippen LogP) is 6.10. The van der Waals surface area contributed by atoms with Gasteiger partial charge >= 0.3 is 0 Å². The molecule has 0 unspecified atom stereocenters. The van der Waals surface area contributed by atoms with Crippen LogP contribution in [-0.4, -0.2) is 10.9 Å². The minimum atomic E-state index is 0.426. The number of aromatic hydroxyl groups is 1. The first-order valence-corrected chi connectivity index (χ1v) is 9.42. The number of phenols is 1. The van der Waals surface area contributed by atoms with Crippen LogP contribution < -0.4 is 0 Å². The van der Waals surface area contributed by atoms with Crippen LogP contribution in [0.2, 0.25) is 0 Å². The van der Waals surface area contributed by atoms with E-state index >= 15 is 0 Å². The van der Waals surface area contributed by atoms with Crippen LogP contribution in [-0.2, 0) is 12.2 Å².